The number of aromatic nitrogens is 2. The molecule has 0 unspecified atom stereocenters. The number of nitrogens with two attached hydrogens (primary N) is 1. The van der Waals surface area contributed by atoms with E-state index in [1.54, 1.807) is 10.9 Å². The number of nitrogens with zero attached hydrogens (tertiary/aromatic N) is 2. The number of carbonyl (C=O) groups excluding carboxylic acids is 1. The summed E-state index contributed by atoms with van der Waals surface area (Å²) in [5, 5.41) is 7.34. The largest absolute Gasteiger partial charge is 0.349 e. The van der Waals surface area contributed by atoms with E-state index in [0.29, 0.717) is 13.0 Å². The molecule has 0 saturated heterocycles. The maximum absolute atomic E-state index is 12.3. The minimum absolute atomic E-state index is 0. The van der Waals surface area contributed by atoms with Crippen LogP contribution in [-0.4, -0.2) is 27.8 Å². The lowest BCUT2D eigenvalue weighted by Gasteiger charge is -2.28. The minimum atomic E-state index is -0.175. The Labute approximate surface area is 142 Å². The second kappa shape index (κ2) is 7.62. The minimum Gasteiger partial charge on any atom is -0.349 e. The molecule has 5 nitrogen and oxygen atoms in total. The zero-order valence-corrected chi connectivity index (χ0v) is 13.9. The average Bonchev–Trinajstić information content (AvgIpc) is 3.20. The van der Waals surface area contributed by atoms with Crippen LogP contribution in [0, 0.1) is 0 Å². The maximum atomic E-state index is 12.3. The molecule has 3 N–H and O–H groups in total. The molecule has 1 aromatic heterocycles. The fraction of sp³-hybridized carbons (Fsp3) is 0.412. The van der Waals surface area contributed by atoms with Gasteiger partial charge in [0, 0.05) is 18.9 Å². The van der Waals surface area contributed by atoms with Crippen molar-refractivity contribution in [2.75, 3.05) is 6.54 Å². The summed E-state index contributed by atoms with van der Waals surface area (Å²) in [7, 11) is 0. The van der Waals surface area contributed by atoms with Crippen molar-refractivity contribution in [1.29, 1.82) is 0 Å². The summed E-state index contributed by atoms with van der Waals surface area (Å²) in [4.78, 5) is 12.3. The molecule has 1 aliphatic carbocycles. The van der Waals surface area contributed by atoms with E-state index >= 15 is 0 Å². The summed E-state index contributed by atoms with van der Waals surface area (Å²) in [5.41, 5.74) is 7.67. The third-order valence-corrected chi connectivity index (χ3v) is 4.43. The highest BCUT2D eigenvalue weighted by Gasteiger charge is 2.33. The van der Waals surface area contributed by atoms with Crippen LogP contribution < -0.4 is 11.1 Å². The molecular formula is C17H23ClN4O. The number of amides is 1. The number of hydrogen-bond acceptors (Lipinski definition) is 3. The molecule has 2 aromatic rings. The lowest BCUT2D eigenvalue weighted by Crippen LogP contribution is -2.52. The zero-order chi connectivity index (χ0) is 15.4. The first-order valence-electron chi connectivity index (χ1n) is 7.81. The lowest BCUT2D eigenvalue weighted by atomic mass is 9.97. The van der Waals surface area contributed by atoms with Crippen molar-refractivity contribution in [3.63, 3.8) is 0 Å². The van der Waals surface area contributed by atoms with Crippen LogP contribution in [0.15, 0.2) is 42.7 Å². The highest BCUT2D eigenvalue weighted by molar-refractivity contribution is 5.85. The van der Waals surface area contributed by atoms with E-state index in [9.17, 15) is 4.79 Å². The lowest BCUT2D eigenvalue weighted by molar-refractivity contribution is -0.122. The van der Waals surface area contributed by atoms with Crippen molar-refractivity contribution in [3.05, 3.63) is 48.3 Å². The summed E-state index contributed by atoms with van der Waals surface area (Å²) < 4.78 is 1.80. The summed E-state index contributed by atoms with van der Waals surface area (Å²) in [5.74, 6) is 0.0548. The first-order valence-corrected chi connectivity index (χ1v) is 7.81. The van der Waals surface area contributed by atoms with E-state index < -0.39 is 0 Å². The van der Waals surface area contributed by atoms with Gasteiger partial charge < -0.3 is 11.1 Å². The molecule has 0 aliphatic heterocycles. The number of hydrogen-bond donors (Lipinski definition) is 2. The summed E-state index contributed by atoms with van der Waals surface area (Å²) >= 11 is 0. The Bertz CT molecular complexity index is 619. The van der Waals surface area contributed by atoms with Gasteiger partial charge in [0.1, 0.15) is 0 Å². The Morgan fingerprint density at radius 3 is 2.52 bits per heavy atom. The summed E-state index contributed by atoms with van der Waals surface area (Å²) in [6.45, 7) is 0.525. The molecule has 23 heavy (non-hydrogen) atoms. The van der Waals surface area contributed by atoms with Crippen LogP contribution in [0.1, 0.15) is 31.2 Å². The molecule has 1 amide bonds. The van der Waals surface area contributed by atoms with E-state index in [-0.39, 0.29) is 23.9 Å². The van der Waals surface area contributed by atoms with E-state index in [1.165, 1.54) is 0 Å². The predicted molar refractivity (Wildman–Crippen MR) is 92.9 cm³/mol. The van der Waals surface area contributed by atoms with Crippen molar-refractivity contribution in [2.24, 2.45) is 5.73 Å². The van der Waals surface area contributed by atoms with Crippen LogP contribution in [-0.2, 0) is 11.2 Å². The van der Waals surface area contributed by atoms with Gasteiger partial charge in [0.05, 0.1) is 17.6 Å². The highest BCUT2D eigenvalue weighted by atomic mass is 35.5. The number of rotatable bonds is 5. The number of halogens is 1. The molecule has 0 bridgehead atoms. The monoisotopic (exact) mass is 334 g/mol. The Balaban J connectivity index is 0.00000192. The SMILES string of the molecule is Cl.NCC1(NC(=O)Cc2ccc(-n3cccn3)cc2)CCCC1. The maximum Gasteiger partial charge on any atom is 0.224 e. The first kappa shape index (κ1) is 17.5. The van der Waals surface area contributed by atoms with Crippen LogP contribution in [0.2, 0.25) is 0 Å². The van der Waals surface area contributed by atoms with Crippen molar-refractivity contribution in [2.45, 2.75) is 37.6 Å². The Morgan fingerprint density at radius 1 is 1.26 bits per heavy atom. The third kappa shape index (κ3) is 4.12. The average molecular weight is 335 g/mol. The molecule has 0 atom stereocenters. The zero-order valence-electron chi connectivity index (χ0n) is 13.1. The van der Waals surface area contributed by atoms with Gasteiger partial charge in [-0.3, -0.25) is 4.79 Å². The number of nitrogens with one attached hydrogen (secondary N) is 1. The predicted octanol–water partition coefficient (Wildman–Crippen LogP) is 2.22. The molecule has 6 heteroatoms. The molecule has 3 rings (SSSR count). The van der Waals surface area contributed by atoms with E-state index in [2.05, 4.69) is 10.4 Å². The Hall–Kier alpha value is -1.85. The van der Waals surface area contributed by atoms with Crippen LogP contribution in [0.5, 0.6) is 0 Å². The molecule has 0 spiro atoms. The molecule has 1 aromatic carbocycles. The van der Waals surface area contributed by atoms with Crippen molar-refractivity contribution in [3.8, 4) is 5.69 Å². The van der Waals surface area contributed by atoms with E-state index in [4.69, 9.17) is 5.73 Å². The van der Waals surface area contributed by atoms with Crippen molar-refractivity contribution >= 4 is 18.3 Å². The van der Waals surface area contributed by atoms with Crippen LogP contribution in [0.25, 0.3) is 5.69 Å². The fourth-order valence-electron chi connectivity index (χ4n) is 3.15. The van der Waals surface area contributed by atoms with Gasteiger partial charge >= 0.3 is 0 Å². The molecule has 1 saturated carbocycles. The summed E-state index contributed by atoms with van der Waals surface area (Å²) in [6, 6.07) is 9.78. The standard InChI is InChI=1S/C17H22N4O.ClH/c18-13-17(8-1-2-9-17)20-16(22)12-14-4-6-15(7-5-14)21-11-3-10-19-21;/h3-7,10-11H,1-2,8-9,12-13,18H2,(H,20,22);1H. The van der Waals surface area contributed by atoms with Crippen LogP contribution >= 0.6 is 12.4 Å². The molecule has 1 aliphatic rings. The smallest absolute Gasteiger partial charge is 0.224 e. The van der Waals surface area contributed by atoms with Gasteiger partial charge in [0.2, 0.25) is 5.91 Å². The normalized spacial score (nSPS) is 15.9. The van der Waals surface area contributed by atoms with Crippen molar-refractivity contribution < 1.29 is 4.79 Å². The van der Waals surface area contributed by atoms with Gasteiger partial charge in [-0.2, -0.15) is 5.10 Å². The third-order valence-electron chi connectivity index (χ3n) is 4.43. The van der Waals surface area contributed by atoms with Gasteiger partial charge in [0.15, 0.2) is 0 Å². The van der Waals surface area contributed by atoms with E-state index in [0.717, 1.165) is 36.9 Å². The van der Waals surface area contributed by atoms with Crippen LogP contribution in [0.4, 0.5) is 0 Å². The fourth-order valence-corrected chi connectivity index (χ4v) is 3.15. The Morgan fingerprint density at radius 2 is 1.96 bits per heavy atom. The van der Waals surface area contributed by atoms with Gasteiger partial charge in [0.25, 0.3) is 0 Å². The molecular weight excluding hydrogens is 312 g/mol. The molecule has 124 valence electrons. The second-order valence-corrected chi connectivity index (χ2v) is 6.03. The van der Waals surface area contributed by atoms with Gasteiger partial charge in [-0.1, -0.05) is 25.0 Å². The first-order chi connectivity index (χ1) is 10.7. The van der Waals surface area contributed by atoms with Gasteiger partial charge in [-0.15, -0.1) is 12.4 Å². The number of benzene rings is 1. The van der Waals surface area contributed by atoms with Gasteiger partial charge in [-0.25, -0.2) is 4.68 Å². The highest BCUT2D eigenvalue weighted by Crippen LogP contribution is 2.28. The molecule has 0 radical (unpaired) electrons. The van der Waals surface area contributed by atoms with E-state index in [1.807, 2.05) is 36.5 Å². The second-order valence-electron chi connectivity index (χ2n) is 6.03. The quantitative estimate of drug-likeness (QED) is 0.880. The molecule has 1 heterocycles. The Kier molecular flexibility index (Phi) is 5.80. The number of carbonyl (C=O) groups is 1. The summed E-state index contributed by atoms with van der Waals surface area (Å²) in [6.07, 6.45) is 8.32. The van der Waals surface area contributed by atoms with Gasteiger partial charge in [-0.05, 0) is 36.6 Å². The van der Waals surface area contributed by atoms with Crippen molar-refractivity contribution in [1.82, 2.24) is 15.1 Å². The molecule has 1 fully saturated rings. The van der Waals surface area contributed by atoms with Crippen LogP contribution in [0.3, 0.4) is 0 Å². The topological polar surface area (TPSA) is 72.9 Å².